The van der Waals surface area contributed by atoms with Crippen molar-refractivity contribution in [3.05, 3.63) is 59.4 Å². The third-order valence-corrected chi connectivity index (χ3v) is 3.38. The molecule has 1 amide bonds. The Kier molecular flexibility index (Phi) is 5.79. The molecule has 0 saturated heterocycles. The molecular weight excluding hydrogens is 364 g/mol. The zero-order valence-electron chi connectivity index (χ0n) is 13.3. The summed E-state index contributed by atoms with van der Waals surface area (Å²) in [5, 5.41) is 2.18. The maximum Gasteiger partial charge on any atom is 0.419 e. The molecule has 0 aliphatic carbocycles. The largest absolute Gasteiger partial charge is 0.481 e. The fraction of sp³-hybridized carbons (Fsp3) is 0.235. The lowest BCUT2D eigenvalue weighted by Crippen LogP contribution is -2.32. The Morgan fingerprint density at radius 3 is 2.31 bits per heavy atom. The summed E-state index contributed by atoms with van der Waals surface area (Å²) in [5.74, 6) is -4.50. The van der Waals surface area contributed by atoms with Crippen LogP contribution in [0.5, 0.6) is 5.75 Å². The maximum absolute atomic E-state index is 13.6. The van der Waals surface area contributed by atoms with E-state index in [-0.39, 0.29) is 17.9 Å². The van der Waals surface area contributed by atoms with Gasteiger partial charge in [-0.05, 0) is 30.7 Å². The van der Waals surface area contributed by atoms with E-state index in [4.69, 9.17) is 4.74 Å². The third kappa shape index (κ3) is 4.68. The molecule has 0 aliphatic heterocycles. The van der Waals surface area contributed by atoms with Crippen LogP contribution >= 0.6 is 0 Å². The monoisotopic (exact) mass is 377 g/mol. The van der Waals surface area contributed by atoms with E-state index < -0.39 is 41.2 Å². The number of hydrogen-bond donors (Lipinski definition) is 1. The van der Waals surface area contributed by atoms with E-state index in [9.17, 15) is 31.1 Å². The highest BCUT2D eigenvalue weighted by Gasteiger charge is 2.34. The van der Waals surface area contributed by atoms with Crippen LogP contribution in [0.15, 0.2) is 36.4 Å². The van der Waals surface area contributed by atoms with Crippen molar-refractivity contribution in [1.82, 2.24) is 0 Å². The van der Waals surface area contributed by atoms with E-state index >= 15 is 0 Å². The van der Waals surface area contributed by atoms with E-state index in [1.54, 1.807) is 0 Å². The minimum Gasteiger partial charge on any atom is -0.481 e. The first kappa shape index (κ1) is 19.6. The Morgan fingerprint density at radius 2 is 1.77 bits per heavy atom. The summed E-state index contributed by atoms with van der Waals surface area (Å²) < 4.78 is 82.8. The standard InChI is InChI=1S/C17H13F6NO2/c1-2-15(16(25)24-14-6-3-9(18)7-13(14)20)26-10-4-5-11(12(19)8-10)17(21,22)23/h3-8,15H,2H2,1H3,(H,24,25). The van der Waals surface area contributed by atoms with Crippen molar-refractivity contribution >= 4 is 11.6 Å². The summed E-state index contributed by atoms with van der Waals surface area (Å²) >= 11 is 0. The van der Waals surface area contributed by atoms with Crippen molar-refractivity contribution in [3.63, 3.8) is 0 Å². The van der Waals surface area contributed by atoms with Crippen LogP contribution in [0.1, 0.15) is 18.9 Å². The molecule has 3 nitrogen and oxygen atoms in total. The van der Waals surface area contributed by atoms with Crippen LogP contribution < -0.4 is 10.1 Å². The molecule has 0 bridgehead atoms. The number of carbonyl (C=O) groups is 1. The van der Waals surface area contributed by atoms with Gasteiger partial charge in [0.15, 0.2) is 6.10 Å². The van der Waals surface area contributed by atoms with Crippen molar-refractivity contribution in [2.45, 2.75) is 25.6 Å². The van der Waals surface area contributed by atoms with Crippen LogP contribution in [0.25, 0.3) is 0 Å². The van der Waals surface area contributed by atoms with Crippen LogP contribution in [0, 0.1) is 17.5 Å². The van der Waals surface area contributed by atoms with Crippen LogP contribution in [-0.4, -0.2) is 12.0 Å². The fourth-order valence-corrected chi connectivity index (χ4v) is 2.09. The number of halogens is 6. The summed E-state index contributed by atoms with van der Waals surface area (Å²) in [6, 6.07) is 4.40. The number of carbonyl (C=O) groups excluding carboxylic acids is 1. The molecule has 1 N–H and O–H groups in total. The summed E-state index contributed by atoms with van der Waals surface area (Å²) in [4.78, 5) is 12.1. The number of nitrogens with one attached hydrogen (secondary N) is 1. The lowest BCUT2D eigenvalue weighted by Gasteiger charge is -2.18. The van der Waals surface area contributed by atoms with Gasteiger partial charge in [0, 0.05) is 12.1 Å². The van der Waals surface area contributed by atoms with Gasteiger partial charge < -0.3 is 10.1 Å². The summed E-state index contributed by atoms with van der Waals surface area (Å²) in [5.41, 5.74) is -1.76. The summed E-state index contributed by atoms with van der Waals surface area (Å²) in [6.07, 6.45) is -6.02. The maximum atomic E-state index is 13.6. The van der Waals surface area contributed by atoms with Crippen LogP contribution in [0.4, 0.5) is 32.0 Å². The second-order valence-electron chi connectivity index (χ2n) is 5.27. The molecule has 0 aliphatic rings. The highest BCUT2D eigenvalue weighted by atomic mass is 19.4. The molecule has 0 heterocycles. The highest BCUT2D eigenvalue weighted by Crippen LogP contribution is 2.33. The van der Waals surface area contributed by atoms with Gasteiger partial charge in [-0.15, -0.1) is 0 Å². The molecule has 0 radical (unpaired) electrons. The zero-order chi connectivity index (χ0) is 19.5. The molecule has 2 aromatic rings. The van der Waals surface area contributed by atoms with Gasteiger partial charge in [0.25, 0.3) is 5.91 Å². The molecular formula is C17H13F6NO2. The molecule has 0 aromatic heterocycles. The van der Waals surface area contributed by atoms with Crippen molar-refractivity contribution < 1.29 is 35.9 Å². The predicted molar refractivity (Wildman–Crippen MR) is 81.1 cm³/mol. The predicted octanol–water partition coefficient (Wildman–Crippen LogP) is 4.92. The van der Waals surface area contributed by atoms with Gasteiger partial charge in [-0.3, -0.25) is 4.79 Å². The van der Waals surface area contributed by atoms with Crippen LogP contribution in [-0.2, 0) is 11.0 Å². The molecule has 0 saturated carbocycles. The highest BCUT2D eigenvalue weighted by molar-refractivity contribution is 5.94. The SMILES string of the molecule is CCC(Oc1ccc(C(F)(F)F)c(F)c1)C(=O)Nc1ccc(F)cc1F. The average molecular weight is 377 g/mol. The molecule has 0 fully saturated rings. The van der Waals surface area contributed by atoms with Gasteiger partial charge in [0.1, 0.15) is 23.2 Å². The zero-order valence-corrected chi connectivity index (χ0v) is 13.3. The molecule has 9 heteroatoms. The first-order valence-corrected chi connectivity index (χ1v) is 7.41. The number of hydrogen-bond acceptors (Lipinski definition) is 2. The van der Waals surface area contributed by atoms with Gasteiger partial charge in [-0.1, -0.05) is 6.92 Å². The Hall–Kier alpha value is -2.71. The van der Waals surface area contributed by atoms with E-state index in [1.165, 1.54) is 6.92 Å². The Morgan fingerprint density at radius 1 is 1.08 bits per heavy atom. The first-order valence-electron chi connectivity index (χ1n) is 7.41. The van der Waals surface area contributed by atoms with Gasteiger partial charge in [-0.25, -0.2) is 13.2 Å². The Labute approximate surface area is 144 Å². The normalized spacial score (nSPS) is 12.6. The lowest BCUT2D eigenvalue weighted by atomic mass is 10.2. The molecule has 1 atom stereocenters. The Balaban J connectivity index is 2.13. The number of alkyl halides is 3. The van der Waals surface area contributed by atoms with Gasteiger partial charge in [0.05, 0.1) is 11.3 Å². The number of amides is 1. The Bertz CT molecular complexity index is 806. The fourth-order valence-electron chi connectivity index (χ4n) is 2.09. The number of benzene rings is 2. The molecule has 140 valence electrons. The minimum atomic E-state index is -4.86. The second kappa shape index (κ2) is 7.67. The molecule has 2 aromatic carbocycles. The molecule has 0 spiro atoms. The summed E-state index contributed by atoms with van der Waals surface area (Å²) in [7, 11) is 0. The molecule has 2 rings (SSSR count). The van der Waals surface area contributed by atoms with Gasteiger partial charge in [-0.2, -0.15) is 13.2 Å². The number of ether oxygens (including phenoxy) is 1. The third-order valence-electron chi connectivity index (χ3n) is 3.38. The number of rotatable bonds is 5. The topological polar surface area (TPSA) is 38.3 Å². The van der Waals surface area contributed by atoms with Crippen molar-refractivity contribution in [1.29, 1.82) is 0 Å². The van der Waals surface area contributed by atoms with E-state index in [2.05, 4.69) is 5.32 Å². The molecule has 26 heavy (non-hydrogen) atoms. The smallest absolute Gasteiger partial charge is 0.419 e. The average Bonchev–Trinajstić information content (AvgIpc) is 2.54. The van der Waals surface area contributed by atoms with Crippen molar-refractivity contribution in [3.8, 4) is 5.75 Å². The summed E-state index contributed by atoms with van der Waals surface area (Å²) in [6.45, 7) is 1.53. The van der Waals surface area contributed by atoms with Crippen LogP contribution in [0.2, 0.25) is 0 Å². The molecule has 1 unspecified atom stereocenters. The van der Waals surface area contributed by atoms with E-state index in [0.717, 1.165) is 18.2 Å². The van der Waals surface area contributed by atoms with Crippen molar-refractivity contribution in [2.75, 3.05) is 5.32 Å². The van der Waals surface area contributed by atoms with Crippen molar-refractivity contribution in [2.24, 2.45) is 0 Å². The van der Waals surface area contributed by atoms with Crippen LogP contribution in [0.3, 0.4) is 0 Å². The van der Waals surface area contributed by atoms with E-state index in [0.29, 0.717) is 18.2 Å². The number of anilines is 1. The first-order chi connectivity index (χ1) is 12.1. The second-order valence-corrected chi connectivity index (χ2v) is 5.27. The lowest BCUT2D eigenvalue weighted by molar-refractivity contribution is -0.140. The van der Waals surface area contributed by atoms with Gasteiger partial charge in [0.2, 0.25) is 0 Å². The quantitative estimate of drug-likeness (QED) is 0.752. The van der Waals surface area contributed by atoms with Gasteiger partial charge >= 0.3 is 6.18 Å². The minimum absolute atomic E-state index is 0.0668. The van der Waals surface area contributed by atoms with E-state index in [1.807, 2.05) is 0 Å².